The molecule has 0 amide bonds. The number of aryl methyl sites for hydroxylation is 1. The smallest absolute Gasteiger partial charge is 0.119 e. The van der Waals surface area contributed by atoms with Gasteiger partial charge in [-0.15, -0.1) is 5.10 Å². The minimum absolute atomic E-state index is 0.0231. The molecule has 114 valence electrons. The van der Waals surface area contributed by atoms with E-state index in [-0.39, 0.29) is 11.8 Å². The topological polar surface area (TPSA) is 61.8 Å². The average Bonchev–Trinajstić information content (AvgIpc) is 3.10. The number of fused-ring (bicyclic) bond motifs is 1. The number of allylic oxidation sites excluding steroid dienone is 1. The van der Waals surface area contributed by atoms with Gasteiger partial charge in [0.25, 0.3) is 0 Å². The molecule has 1 aliphatic rings. The van der Waals surface area contributed by atoms with Gasteiger partial charge in [0.05, 0.1) is 5.69 Å². The van der Waals surface area contributed by atoms with Gasteiger partial charge in [0.2, 0.25) is 0 Å². The number of aromatic hydroxyl groups is 1. The van der Waals surface area contributed by atoms with E-state index in [4.69, 9.17) is 0 Å². The Labute approximate surface area is 134 Å². The highest BCUT2D eigenvalue weighted by atomic mass is 16.3. The molecule has 0 aliphatic heterocycles. The SMILES string of the molecule is Cc1ccc(O)c(C2C=Cc3ccccc3C2c2c[nH]nn2)c1. The molecule has 0 bridgehead atoms. The summed E-state index contributed by atoms with van der Waals surface area (Å²) in [5.41, 5.74) is 5.32. The summed E-state index contributed by atoms with van der Waals surface area (Å²) >= 11 is 0. The number of hydrogen-bond acceptors (Lipinski definition) is 3. The molecule has 1 heterocycles. The van der Waals surface area contributed by atoms with Crippen molar-refractivity contribution in [2.24, 2.45) is 0 Å². The predicted octanol–water partition coefficient (Wildman–Crippen LogP) is 3.76. The first-order valence-corrected chi connectivity index (χ1v) is 7.67. The second kappa shape index (κ2) is 5.39. The van der Waals surface area contributed by atoms with Crippen molar-refractivity contribution >= 4 is 6.08 Å². The largest absolute Gasteiger partial charge is 0.508 e. The van der Waals surface area contributed by atoms with Crippen molar-refractivity contribution in [3.8, 4) is 5.75 Å². The van der Waals surface area contributed by atoms with Crippen LogP contribution in [0, 0.1) is 6.92 Å². The van der Waals surface area contributed by atoms with Crippen molar-refractivity contribution in [1.29, 1.82) is 0 Å². The first-order valence-electron chi connectivity index (χ1n) is 7.67. The van der Waals surface area contributed by atoms with Crippen LogP contribution in [0.5, 0.6) is 5.75 Å². The molecule has 0 saturated heterocycles. The Bertz CT molecular complexity index is 868. The van der Waals surface area contributed by atoms with Crippen molar-refractivity contribution in [3.05, 3.63) is 82.7 Å². The first-order chi connectivity index (χ1) is 11.2. The summed E-state index contributed by atoms with van der Waals surface area (Å²) in [6.07, 6.45) is 6.11. The van der Waals surface area contributed by atoms with Crippen LogP contribution in [0.4, 0.5) is 0 Å². The van der Waals surface area contributed by atoms with Gasteiger partial charge in [0, 0.05) is 23.6 Å². The van der Waals surface area contributed by atoms with Gasteiger partial charge in [-0.3, -0.25) is 5.10 Å². The Morgan fingerprint density at radius 3 is 2.78 bits per heavy atom. The van der Waals surface area contributed by atoms with Crippen LogP contribution in [0.1, 0.15) is 39.8 Å². The Hall–Kier alpha value is -2.88. The number of H-pyrrole nitrogens is 1. The second-order valence-electron chi connectivity index (χ2n) is 5.95. The van der Waals surface area contributed by atoms with E-state index in [9.17, 15) is 5.11 Å². The maximum absolute atomic E-state index is 10.4. The number of nitrogens with one attached hydrogen (secondary N) is 1. The number of rotatable bonds is 2. The zero-order valence-electron chi connectivity index (χ0n) is 12.8. The number of phenolic OH excluding ortho intramolecular Hbond substituents is 1. The van der Waals surface area contributed by atoms with E-state index in [0.29, 0.717) is 5.75 Å². The number of aromatic amines is 1. The van der Waals surface area contributed by atoms with Crippen molar-refractivity contribution in [2.45, 2.75) is 18.8 Å². The Morgan fingerprint density at radius 1 is 1.09 bits per heavy atom. The molecular formula is C19H17N3O. The van der Waals surface area contributed by atoms with Crippen LogP contribution in [0.3, 0.4) is 0 Å². The Kier molecular flexibility index (Phi) is 3.23. The van der Waals surface area contributed by atoms with Gasteiger partial charge in [0.15, 0.2) is 0 Å². The number of hydrogen-bond donors (Lipinski definition) is 2. The summed E-state index contributed by atoms with van der Waals surface area (Å²) in [5.74, 6) is 0.371. The van der Waals surface area contributed by atoms with Crippen molar-refractivity contribution in [2.75, 3.05) is 0 Å². The van der Waals surface area contributed by atoms with E-state index in [0.717, 1.165) is 16.8 Å². The predicted molar refractivity (Wildman–Crippen MR) is 89.3 cm³/mol. The van der Waals surface area contributed by atoms with Crippen LogP contribution in [0.2, 0.25) is 0 Å². The Balaban J connectivity index is 1.91. The molecule has 4 rings (SSSR count). The minimum Gasteiger partial charge on any atom is -0.508 e. The third kappa shape index (κ3) is 2.32. The first kappa shape index (κ1) is 13.8. The third-order valence-electron chi connectivity index (χ3n) is 4.47. The van der Waals surface area contributed by atoms with Gasteiger partial charge in [-0.2, -0.15) is 0 Å². The lowest BCUT2D eigenvalue weighted by Gasteiger charge is -2.29. The van der Waals surface area contributed by atoms with Crippen LogP contribution in [-0.4, -0.2) is 20.5 Å². The molecule has 4 heteroatoms. The standard InChI is InChI=1S/C19H17N3O/c1-12-6-9-18(23)16(10-12)15-8-7-13-4-2-3-5-14(13)19(15)17-11-20-22-21-17/h2-11,15,19,23H,1H3,(H,20,21,22). The van der Waals surface area contributed by atoms with Crippen molar-refractivity contribution in [3.63, 3.8) is 0 Å². The summed E-state index contributed by atoms with van der Waals surface area (Å²) in [6.45, 7) is 2.04. The quantitative estimate of drug-likeness (QED) is 0.757. The highest BCUT2D eigenvalue weighted by molar-refractivity contribution is 5.63. The molecular weight excluding hydrogens is 286 g/mol. The summed E-state index contributed by atoms with van der Waals surface area (Å²) in [5, 5.41) is 21.3. The maximum atomic E-state index is 10.4. The molecule has 3 aromatic rings. The monoisotopic (exact) mass is 303 g/mol. The van der Waals surface area contributed by atoms with Gasteiger partial charge in [0.1, 0.15) is 5.75 Å². The fourth-order valence-electron chi connectivity index (χ4n) is 3.39. The van der Waals surface area contributed by atoms with Crippen LogP contribution >= 0.6 is 0 Å². The fraction of sp³-hybridized carbons (Fsp3) is 0.158. The van der Waals surface area contributed by atoms with Crippen LogP contribution < -0.4 is 0 Å². The minimum atomic E-state index is 0.0231. The maximum Gasteiger partial charge on any atom is 0.119 e. The van der Waals surface area contributed by atoms with E-state index in [2.05, 4.69) is 39.7 Å². The molecule has 1 aromatic heterocycles. The summed E-state index contributed by atoms with van der Waals surface area (Å²) in [6, 6.07) is 14.0. The summed E-state index contributed by atoms with van der Waals surface area (Å²) in [7, 11) is 0. The molecule has 2 atom stereocenters. The molecule has 2 unspecified atom stereocenters. The van der Waals surface area contributed by atoms with Gasteiger partial charge in [-0.05, 0) is 24.1 Å². The highest BCUT2D eigenvalue weighted by Crippen LogP contribution is 2.45. The molecule has 0 saturated carbocycles. The van der Waals surface area contributed by atoms with Crippen molar-refractivity contribution in [1.82, 2.24) is 15.4 Å². The van der Waals surface area contributed by atoms with Crippen LogP contribution in [0.25, 0.3) is 6.08 Å². The van der Waals surface area contributed by atoms with E-state index in [1.165, 1.54) is 11.1 Å². The molecule has 0 fully saturated rings. The molecule has 0 spiro atoms. The molecule has 23 heavy (non-hydrogen) atoms. The lowest BCUT2D eigenvalue weighted by molar-refractivity contribution is 0.462. The third-order valence-corrected chi connectivity index (χ3v) is 4.47. The average molecular weight is 303 g/mol. The fourth-order valence-corrected chi connectivity index (χ4v) is 3.39. The van der Waals surface area contributed by atoms with E-state index >= 15 is 0 Å². The van der Waals surface area contributed by atoms with Gasteiger partial charge in [-0.1, -0.05) is 59.3 Å². The zero-order chi connectivity index (χ0) is 15.8. The van der Waals surface area contributed by atoms with E-state index in [1.807, 2.05) is 37.4 Å². The second-order valence-corrected chi connectivity index (χ2v) is 5.95. The van der Waals surface area contributed by atoms with E-state index < -0.39 is 0 Å². The number of phenols is 1. The number of nitrogens with zero attached hydrogens (tertiary/aromatic N) is 2. The molecule has 4 nitrogen and oxygen atoms in total. The summed E-state index contributed by atoms with van der Waals surface area (Å²) in [4.78, 5) is 0. The molecule has 1 aliphatic carbocycles. The van der Waals surface area contributed by atoms with Gasteiger partial charge < -0.3 is 5.11 Å². The summed E-state index contributed by atoms with van der Waals surface area (Å²) < 4.78 is 0. The zero-order valence-corrected chi connectivity index (χ0v) is 12.8. The van der Waals surface area contributed by atoms with Crippen molar-refractivity contribution < 1.29 is 5.11 Å². The molecule has 2 aromatic carbocycles. The Morgan fingerprint density at radius 2 is 1.96 bits per heavy atom. The molecule has 0 radical (unpaired) electrons. The normalized spacial score (nSPS) is 19.5. The number of benzene rings is 2. The van der Waals surface area contributed by atoms with Crippen LogP contribution in [-0.2, 0) is 0 Å². The van der Waals surface area contributed by atoms with E-state index in [1.54, 1.807) is 6.07 Å². The van der Waals surface area contributed by atoms with Gasteiger partial charge in [-0.25, -0.2) is 0 Å². The molecule has 2 N–H and O–H groups in total. The highest BCUT2D eigenvalue weighted by Gasteiger charge is 2.32. The lowest BCUT2D eigenvalue weighted by Crippen LogP contribution is -2.16. The lowest BCUT2D eigenvalue weighted by atomic mass is 9.74. The number of aromatic nitrogens is 3. The van der Waals surface area contributed by atoms with Crippen LogP contribution in [0.15, 0.2) is 54.7 Å². The van der Waals surface area contributed by atoms with Gasteiger partial charge >= 0.3 is 0 Å².